The third kappa shape index (κ3) is 5.41. The Kier molecular flexibility index (Phi) is 6.48. The number of nitrogens with zero attached hydrogens (tertiary/aromatic N) is 1. The molecule has 1 fully saturated rings. The van der Waals surface area contributed by atoms with E-state index in [-0.39, 0.29) is 18.3 Å². The van der Waals surface area contributed by atoms with Crippen LogP contribution in [0.2, 0.25) is 0 Å². The Hall–Kier alpha value is -3.38. The largest absolute Gasteiger partial charge is 0.489 e. The quantitative estimate of drug-likeness (QED) is 0.497. The first kappa shape index (κ1) is 20.9. The molecule has 0 atom stereocenters. The molecule has 1 aliphatic heterocycles. The number of aryl methyl sites for hydroxylation is 1. The summed E-state index contributed by atoms with van der Waals surface area (Å²) >= 11 is 1.31. The standard InChI is InChI=1S/C25H21FN2O2S/c1-2-17-7-11-20(12-8-17)27-25-28-24(29)23(31-25)15-18-9-13-21(14-10-18)30-16-19-5-3-4-6-22(19)26/h3-15H,2,16H2,1H3,(H,27,28,29)/b23-15-. The van der Waals surface area contributed by atoms with Crippen LogP contribution in [0, 0.1) is 5.82 Å². The summed E-state index contributed by atoms with van der Waals surface area (Å²) < 4.78 is 19.3. The highest BCUT2D eigenvalue weighted by atomic mass is 32.2. The second-order valence-corrected chi connectivity index (χ2v) is 7.98. The van der Waals surface area contributed by atoms with E-state index in [0.717, 1.165) is 17.7 Å². The van der Waals surface area contributed by atoms with Crippen LogP contribution in [0.15, 0.2) is 82.7 Å². The number of carbonyl (C=O) groups is 1. The number of ether oxygens (including phenoxy) is 1. The van der Waals surface area contributed by atoms with Crippen LogP contribution in [-0.2, 0) is 17.8 Å². The lowest BCUT2D eigenvalue weighted by atomic mass is 10.2. The van der Waals surface area contributed by atoms with Gasteiger partial charge in [-0.3, -0.25) is 4.79 Å². The van der Waals surface area contributed by atoms with E-state index in [1.807, 2.05) is 42.5 Å². The fourth-order valence-corrected chi connectivity index (χ4v) is 3.83. The molecule has 1 amide bonds. The number of hydrogen-bond donors (Lipinski definition) is 1. The number of thioether (sulfide) groups is 1. The zero-order chi connectivity index (χ0) is 21.6. The first-order valence-corrected chi connectivity index (χ1v) is 10.8. The predicted octanol–water partition coefficient (Wildman–Crippen LogP) is 5.86. The van der Waals surface area contributed by atoms with Crippen LogP contribution in [0.1, 0.15) is 23.6 Å². The van der Waals surface area contributed by atoms with Crippen LogP contribution >= 0.6 is 11.8 Å². The lowest BCUT2D eigenvalue weighted by Gasteiger charge is -2.07. The molecule has 6 heteroatoms. The lowest BCUT2D eigenvalue weighted by molar-refractivity contribution is -0.115. The molecular formula is C25H21FN2O2S. The van der Waals surface area contributed by atoms with Crippen molar-refractivity contribution < 1.29 is 13.9 Å². The summed E-state index contributed by atoms with van der Waals surface area (Å²) in [6.07, 6.45) is 2.78. The van der Waals surface area contributed by atoms with E-state index in [0.29, 0.717) is 21.4 Å². The normalized spacial score (nSPS) is 16.0. The van der Waals surface area contributed by atoms with Crippen molar-refractivity contribution in [2.24, 2.45) is 4.99 Å². The Labute approximate surface area is 184 Å². The summed E-state index contributed by atoms with van der Waals surface area (Å²) in [5, 5.41) is 3.36. The average Bonchev–Trinajstić information content (AvgIpc) is 3.13. The van der Waals surface area contributed by atoms with Crippen LogP contribution in [0.3, 0.4) is 0 Å². The highest BCUT2D eigenvalue weighted by Crippen LogP contribution is 2.28. The van der Waals surface area contributed by atoms with Crippen LogP contribution in [-0.4, -0.2) is 11.1 Å². The van der Waals surface area contributed by atoms with E-state index in [1.54, 1.807) is 30.3 Å². The molecule has 0 saturated carbocycles. The molecule has 1 saturated heterocycles. The highest BCUT2D eigenvalue weighted by molar-refractivity contribution is 8.18. The SMILES string of the molecule is CCc1ccc(N=C2NC(=O)/C(=C/c3ccc(OCc4ccccc4F)cc3)S2)cc1. The first-order valence-electron chi connectivity index (χ1n) is 9.95. The van der Waals surface area contributed by atoms with Crippen molar-refractivity contribution >= 4 is 34.6 Å². The lowest BCUT2D eigenvalue weighted by Crippen LogP contribution is -2.19. The molecule has 0 spiro atoms. The fraction of sp³-hybridized carbons (Fsp3) is 0.120. The van der Waals surface area contributed by atoms with Gasteiger partial charge in [0, 0.05) is 5.56 Å². The van der Waals surface area contributed by atoms with Crippen LogP contribution < -0.4 is 10.1 Å². The zero-order valence-electron chi connectivity index (χ0n) is 17.0. The van der Waals surface area contributed by atoms with E-state index >= 15 is 0 Å². The number of amides is 1. The molecule has 0 radical (unpaired) electrons. The molecule has 0 aliphatic carbocycles. The van der Waals surface area contributed by atoms with E-state index < -0.39 is 0 Å². The van der Waals surface area contributed by atoms with Crippen LogP contribution in [0.25, 0.3) is 6.08 Å². The molecule has 31 heavy (non-hydrogen) atoms. The summed E-state index contributed by atoms with van der Waals surface area (Å²) in [6, 6.07) is 21.8. The second-order valence-electron chi connectivity index (χ2n) is 6.95. The van der Waals surface area contributed by atoms with Gasteiger partial charge in [-0.25, -0.2) is 9.38 Å². The van der Waals surface area contributed by atoms with Crippen molar-refractivity contribution in [2.45, 2.75) is 20.0 Å². The maximum atomic E-state index is 13.7. The number of carbonyl (C=O) groups excluding carboxylic acids is 1. The number of benzene rings is 3. The molecule has 4 rings (SSSR count). The summed E-state index contributed by atoms with van der Waals surface area (Å²) in [4.78, 5) is 17.4. The van der Waals surface area contributed by atoms with Crippen molar-refractivity contribution in [1.82, 2.24) is 5.32 Å². The summed E-state index contributed by atoms with van der Waals surface area (Å²) in [5.41, 5.74) is 3.42. The Morgan fingerprint density at radius 2 is 1.77 bits per heavy atom. The zero-order valence-corrected chi connectivity index (χ0v) is 17.8. The van der Waals surface area contributed by atoms with Gasteiger partial charge in [-0.1, -0.05) is 49.4 Å². The Balaban J connectivity index is 1.40. The van der Waals surface area contributed by atoms with Gasteiger partial charge in [0.05, 0.1) is 10.6 Å². The molecule has 0 unspecified atom stereocenters. The molecule has 1 N–H and O–H groups in total. The highest BCUT2D eigenvalue weighted by Gasteiger charge is 2.23. The van der Waals surface area contributed by atoms with Gasteiger partial charge >= 0.3 is 0 Å². The second kappa shape index (κ2) is 9.62. The van der Waals surface area contributed by atoms with Crippen molar-refractivity contribution in [3.05, 3.63) is 100 Å². The van der Waals surface area contributed by atoms with Gasteiger partial charge in [-0.05, 0) is 65.7 Å². The van der Waals surface area contributed by atoms with E-state index in [9.17, 15) is 9.18 Å². The number of amidine groups is 1. The van der Waals surface area contributed by atoms with Gasteiger partial charge in [0.1, 0.15) is 18.2 Å². The van der Waals surface area contributed by atoms with Gasteiger partial charge in [0.25, 0.3) is 5.91 Å². The molecule has 156 valence electrons. The van der Waals surface area contributed by atoms with E-state index in [1.165, 1.54) is 23.4 Å². The van der Waals surface area contributed by atoms with Gasteiger partial charge < -0.3 is 10.1 Å². The minimum atomic E-state index is -0.285. The Bertz CT molecular complexity index is 1140. The summed E-state index contributed by atoms with van der Waals surface area (Å²) in [7, 11) is 0. The molecule has 3 aromatic rings. The molecular weight excluding hydrogens is 411 g/mol. The van der Waals surface area contributed by atoms with Gasteiger partial charge in [0.15, 0.2) is 5.17 Å². The van der Waals surface area contributed by atoms with Crippen molar-refractivity contribution in [3.63, 3.8) is 0 Å². The van der Waals surface area contributed by atoms with Crippen LogP contribution in [0.5, 0.6) is 5.75 Å². The third-order valence-corrected chi connectivity index (χ3v) is 5.67. The van der Waals surface area contributed by atoms with Gasteiger partial charge in [-0.15, -0.1) is 0 Å². The minimum Gasteiger partial charge on any atom is -0.489 e. The molecule has 3 aromatic carbocycles. The average molecular weight is 433 g/mol. The predicted molar refractivity (Wildman–Crippen MR) is 124 cm³/mol. The number of rotatable bonds is 6. The minimum absolute atomic E-state index is 0.157. The van der Waals surface area contributed by atoms with Crippen molar-refractivity contribution in [1.29, 1.82) is 0 Å². The third-order valence-electron chi connectivity index (χ3n) is 4.76. The topological polar surface area (TPSA) is 50.7 Å². The number of hydrogen-bond acceptors (Lipinski definition) is 4. The van der Waals surface area contributed by atoms with Crippen molar-refractivity contribution in [3.8, 4) is 5.75 Å². The Morgan fingerprint density at radius 1 is 1.03 bits per heavy atom. The van der Waals surface area contributed by atoms with Crippen molar-refractivity contribution in [2.75, 3.05) is 0 Å². The fourth-order valence-electron chi connectivity index (χ4n) is 2.99. The van der Waals surface area contributed by atoms with Crippen LogP contribution in [0.4, 0.5) is 10.1 Å². The maximum absolute atomic E-state index is 13.7. The smallest absolute Gasteiger partial charge is 0.264 e. The van der Waals surface area contributed by atoms with E-state index in [2.05, 4.69) is 17.2 Å². The molecule has 1 aliphatic rings. The maximum Gasteiger partial charge on any atom is 0.264 e. The molecule has 0 bridgehead atoms. The molecule has 1 heterocycles. The number of halogens is 1. The van der Waals surface area contributed by atoms with Gasteiger partial charge in [0.2, 0.25) is 0 Å². The number of aliphatic imine (C=N–C) groups is 1. The first-order chi connectivity index (χ1) is 15.1. The molecule has 0 aromatic heterocycles. The molecule has 4 nitrogen and oxygen atoms in total. The number of nitrogens with one attached hydrogen (secondary N) is 1. The summed E-state index contributed by atoms with van der Waals surface area (Å²) in [6.45, 7) is 2.26. The van der Waals surface area contributed by atoms with E-state index in [4.69, 9.17) is 4.74 Å². The van der Waals surface area contributed by atoms with Gasteiger partial charge in [-0.2, -0.15) is 0 Å². The monoisotopic (exact) mass is 432 g/mol. The Morgan fingerprint density at radius 3 is 2.48 bits per heavy atom. The summed E-state index contributed by atoms with van der Waals surface area (Å²) in [5.74, 6) is 0.174.